The fourth-order valence-corrected chi connectivity index (χ4v) is 8.35. The Kier molecular flexibility index (Phi) is 8.81. The van der Waals surface area contributed by atoms with Gasteiger partial charge < -0.3 is 9.97 Å². The van der Waals surface area contributed by atoms with Gasteiger partial charge in [-0.25, -0.2) is 9.97 Å². The van der Waals surface area contributed by atoms with Crippen LogP contribution < -0.4 is 0 Å². The lowest BCUT2D eigenvalue weighted by molar-refractivity contribution is -0.133. The quantitative estimate of drug-likeness (QED) is 0.138. The fourth-order valence-electron chi connectivity index (χ4n) is 8.35. The van der Waals surface area contributed by atoms with Crippen molar-refractivity contribution in [1.82, 2.24) is 19.9 Å². The summed E-state index contributed by atoms with van der Waals surface area (Å²) < 4.78 is 0. The lowest BCUT2D eigenvalue weighted by Gasteiger charge is -2.32. The Labute approximate surface area is 338 Å². The lowest BCUT2D eigenvalue weighted by atomic mass is 9.70. The Morgan fingerprint density at radius 3 is 1.16 bits per heavy atom. The van der Waals surface area contributed by atoms with Gasteiger partial charge in [0.05, 0.1) is 22.8 Å². The van der Waals surface area contributed by atoms with E-state index in [0.717, 1.165) is 66.8 Å². The monoisotopic (exact) mass is 756 g/mol. The third kappa shape index (κ3) is 6.41. The van der Waals surface area contributed by atoms with Gasteiger partial charge in [0.1, 0.15) is 0 Å². The highest BCUT2D eigenvalue weighted by molar-refractivity contribution is 6.52. The number of ketones is 2. The van der Waals surface area contributed by atoms with E-state index < -0.39 is 22.4 Å². The van der Waals surface area contributed by atoms with E-state index in [1.54, 1.807) is 0 Å². The van der Waals surface area contributed by atoms with E-state index in [9.17, 15) is 9.59 Å². The molecule has 0 saturated heterocycles. The molecule has 9 rings (SSSR count). The van der Waals surface area contributed by atoms with Crippen LogP contribution in [0.2, 0.25) is 0 Å². The highest BCUT2D eigenvalue weighted by Gasteiger charge is 2.41. The van der Waals surface area contributed by atoms with E-state index in [1.165, 1.54) is 0 Å². The maximum absolute atomic E-state index is 14.4. The summed E-state index contributed by atoms with van der Waals surface area (Å²) in [7, 11) is 0. The standard InChI is InChI=1S/C52H44N4O2/c1-51(2,3)35-30-34(48(52(4,5)6)50(58)49(35)57)47-42-28-26-40(55-42)45(32-18-12-8-13-19-32)38-24-22-36(53-38)44(31-16-10-7-11-17-31)37-23-25-39(54-37)46(33-20-14-9-15-21-33)41-27-29-43(47)56-41/h7-30,53-54H,1-6H3. The summed E-state index contributed by atoms with van der Waals surface area (Å²) in [6, 6.07) is 39.5. The number of aromatic nitrogens is 4. The van der Waals surface area contributed by atoms with Gasteiger partial charge in [-0.15, -0.1) is 0 Å². The molecule has 284 valence electrons. The molecule has 8 bridgehead atoms. The number of fused-ring (bicyclic) bond motifs is 8. The molecule has 0 fully saturated rings. The van der Waals surface area contributed by atoms with Crippen molar-refractivity contribution in [2.45, 2.75) is 41.5 Å². The van der Waals surface area contributed by atoms with Gasteiger partial charge in [-0.3, -0.25) is 9.59 Å². The van der Waals surface area contributed by atoms with E-state index in [2.05, 4.69) is 82.8 Å². The zero-order chi connectivity index (χ0) is 40.3. The molecule has 1 aliphatic carbocycles. The van der Waals surface area contributed by atoms with Crippen LogP contribution in [0.3, 0.4) is 0 Å². The van der Waals surface area contributed by atoms with Gasteiger partial charge in [0.15, 0.2) is 0 Å². The van der Waals surface area contributed by atoms with Crippen LogP contribution in [-0.2, 0) is 9.59 Å². The third-order valence-electron chi connectivity index (χ3n) is 11.0. The Bertz CT molecular complexity index is 2820. The summed E-state index contributed by atoms with van der Waals surface area (Å²) >= 11 is 0. The van der Waals surface area contributed by atoms with Crippen molar-refractivity contribution in [3.05, 3.63) is 161 Å². The highest BCUT2D eigenvalue weighted by atomic mass is 16.2. The topological polar surface area (TPSA) is 91.5 Å². The van der Waals surface area contributed by atoms with Gasteiger partial charge >= 0.3 is 0 Å². The van der Waals surface area contributed by atoms with Crippen molar-refractivity contribution in [2.24, 2.45) is 10.8 Å². The molecule has 3 aliphatic rings. The van der Waals surface area contributed by atoms with Gasteiger partial charge in [0.2, 0.25) is 11.6 Å². The zero-order valence-corrected chi connectivity index (χ0v) is 33.6. The van der Waals surface area contributed by atoms with Gasteiger partial charge in [0, 0.05) is 55.5 Å². The summed E-state index contributed by atoms with van der Waals surface area (Å²) in [6.07, 6.45) is 10.1. The summed E-state index contributed by atoms with van der Waals surface area (Å²) in [5.74, 6) is -0.942. The Morgan fingerprint density at radius 1 is 0.414 bits per heavy atom. The average molecular weight is 757 g/mol. The molecule has 2 aliphatic heterocycles. The second kappa shape index (κ2) is 13.9. The molecule has 0 spiro atoms. The van der Waals surface area contributed by atoms with Gasteiger partial charge in [0.25, 0.3) is 0 Å². The normalized spacial score (nSPS) is 14.3. The molecule has 2 N–H and O–H groups in total. The Hall–Kier alpha value is -6.92. The minimum Gasteiger partial charge on any atom is -0.354 e. The first-order valence-electron chi connectivity index (χ1n) is 19.8. The van der Waals surface area contributed by atoms with Crippen molar-refractivity contribution in [2.75, 3.05) is 0 Å². The molecule has 3 aromatic carbocycles. The van der Waals surface area contributed by atoms with E-state index in [4.69, 9.17) is 9.97 Å². The minimum absolute atomic E-state index is 0.454. The SMILES string of the molecule is CC(C)(C)C1=CC(c2c3nc(c(-c4ccccc4)c4ccc([nH]4)c(-c4ccccc4)c4ccc([nH]4)c(-c4ccccc4)c4nc2C=C4)C=C3)=C(C(C)(C)C)C(=O)C1=O. The van der Waals surface area contributed by atoms with Crippen LogP contribution in [0.4, 0.5) is 0 Å². The van der Waals surface area contributed by atoms with Crippen molar-refractivity contribution in [1.29, 1.82) is 0 Å². The molecule has 6 nitrogen and oxygen atoms in total. The molecule has 3 aromatic heterocycles. The van der Waals surface area contributed by atoms with Crippen molar-refractivity contribution >= 4 is 63.5 Å². The maximum Gasteiger partial charge on any atom is 0.230 e. The number of nitrogens with zero attached hydrogens (tertiary/aromatic N) is 2. The van der Waals surface area contributed by atoms with E-state index >= 15 is 0 Å². The highest BCUT2D eigenvalue weighted by Crippen LogP contribution is 2.45. The summed E-state index contributed by atoms with van der Waals surface area (Å²) in [6.45, 7) is 11.9. The lowest BCUT2D eigenvalue weighted by Crippen LogP contribution is -2.34. The number of rotatable bonds is 4. The smallest absolute Gasteiger partial charge is 0.230 e. The molecule has 6 aromatic rings. The number of carbonyl (C=O) groups excluding carboxylic acids is 2. The first-order chi connectivity index (χ1) is 27.9. The number of hydrogen-bond donors (Lipinski definition) is 2. The van der Waals surface area contributed by atoms with Gasteiger partial charge in [-0.05, 0) is 87.7 Å². The average Bonchev–Trinajstić information content (AvgIpc) is 4.04. The molecule has 5 heterocycles. The number of carbonyl (C=O) groups is 2. The number of aromatic amines is 2. The fraction of sp³-hybridized carbons (Fsp3) is 0.154. The van der Waals surface area contributed by atoms with E-state index in [0.29, 0.717) is 33.7 Å². The second-order valence-electron chi connectivity index (χ2n) is 17.1. The molecule has 0 saturated carbocycles. The van der Waals surface area contributed by atoms with Crippen LogP contribution in [0.15, 0.2) is 132 Å². The largest absolute Gasteiger partial charge is 0.354 e. The number of allylic oxidation sites excluding steroid dienone is 4. The molecule has 0 amide bonds. The van der Waals surface area contributed by atoms with Crippen LogP contribution in [0, 0.1) is 10.8 Å². The summed E-state index contributed by atoms with van der Waals surface area (Å²) in [5, 5.41) is 0. The van der Waals surface area contributed by atoms with Gasteiger partial charge in [-0.2, -0.15) is 0 Å². The van der Waals surface area contributed by atoms with Gasteiger partial charge in [-0.1, -0.05) is 133 Å². The predicted molar refractivity (Wildman–Crippen MR) is 239 cm³/mol. The maximum atomic E-state index is 14.4. The van der Waals surface area contributed by atoms with Crippen LogP contribution >= 0.6 is 0 Å². The molecule has 0 atom stereocenters. The number of Topliss-reactive ketones (excluding diaryl/α,β-unsaturated/α-hetero) is 2. The minimum atomic E-state index is -0.661. The van der Waals surface area contributed by atoms with Crippen LogP contribution in [0.1, 0.15) is 69.9 Å². The molecular formula is C52H44N4O2. The van der Waals surface area contributed by atoms with Crippen molar-refractivity contribution in [3.8, 4) is 33.4 Å². The molecule has 58 heavy (non-hydrogen) atoms. The number of hydrogen-bond acceptors (Lipinski definition) is 4. The second-order valence-corrected chi connectivity index (χ2v) is 17.1. The van der Waals surface area contributed by atoms with E-state index in [1.807, 2.05) is 114 Å². The molecular weight excluding hydrogens is 713 g/mol. The Morgan fingerprint density at radius 2 is 0.776 bits per heavy atom. The van der Waals surface area contributed by atoms with Crippen LogP contribution in [0.5, 0.6) is 0 Å². The van der Waals surface area contributed by atoms with Crippen molar-refractivity contribution in [3.63, 3.8) is 0 Å². The summed E-state index contributed by atoms with van der Waals surface area (Å²) in [5.41, 5.74) is 13.6. The first kappa shape index (κ1) is 36.7. The first-order valence-corrected chi connectivity index (χ1v) is 19.8. The number of nitrogens with one attached hydrogen (secondary N) is 2. The summed E-state index contributed by atoms with van der Waals surface area (Å²) in [4.78, 5) is 46.7. The number of H-pyrrole nitrogens is 2. The Balaban J connectivity index is 1.51. The zero-order valence-electron chi connectivity index (χ0n) is 33.6. The molecule has 0 unspecified atom stereocenters. The van der Waals surface area contributed by atoms with Crippen LogP contribution in [-0.4, -0.2) is 31.5 Å². The predicted octanol–water partition coefficient (Wildman–Crippen LogP) is 12.6. The number of benzene rings is 3. The van der Waals surface area contributed by atoms with E-state index in [-0.39, 0.29) is 0 Å². The van der Waals surface area contributed by atoms with Crippen LogP contribution in [0.25, 0.3) is 85.3 Å². The van der Waals surface area contributed by atoms with Crippen molar-refractivity contribution < 1.29 is 9.59 Å². The molecule has 6 heteroatoms. The third-order valence-corrected chi connectivity index (χ3v) is 11.0. The molecule has 0 radical (unpaired) electrons.